The lowest BCUT2D eigenvalue weighted by atomic mass is 9.90. The number of imidazole rings is 1. The quantitative estimate of drug-likeness (QED) is 0.300. The summed E-state index contributed by atoms with van der Waals surface area (Å²) in [6.07, 6.45) is 6.84. The topological polar surface area (TPSA) is 68.2 Å². The van der Waals surface area contributed by atoms with Crippen molar-refractivity contribution in [3.05, 3.63) is 95.2 Å². The van der Waals surface area contributed by atoms with Crippen LogP contribution in [-0.2, 0) is 17.9 Å². The summed E-state index contributed by atoms with van der Waals surface area (Å²) >= 11 is 3.06. The lowest BCUT2D eigenvalue weighted by molar-refractivity contribution is 0.0133. The van der Waals surface area contributed by atoms with Crippen molar-refractivity contribution in [1.29, 1.82) is 0 Å². The van der Waals surface area contributed by atoms with Crippen molar-refractivity contribution in [2.75, 3.05) is 0 Å². The van der Waals surface area contributed by atoms with Gasteiger partial charge in [0.2, 0.25) is 0 Å². The first-order valence-electron chi connectivity index (χ1n) is 11.0. The minimum atomic E-state index is -1.63. The van der Waals surface area contributed by atoms with Crippen molar-refractivity contribution < 1.29 is 13.9 Å². The van der Waals surface area contributed by atoms with E-state index in [0.29, 0.717) is 5.75 Å². The highest BCUT2D eigenvalue weighted by atomic mass is 32.2. The van der Waals surface area contributed by atoms with Crippen molar-refractivity contribution >= 4 is 28.1 Å². The summed E-state index contributed by atoms with van der Waals surface area (Å²) in [6, 6.07) is 11.5. The van der Waals surface area contributed by atoms with Crippen LogP contribution in [0, 0.1) is 18.6 Å². The van der Waals surface area contributed by atoms with Gasteiger partial charge >= 0.3 is 0 Å². The lowest BCUT2D eigenvalue weighted by Crippen LogP contribution is -2.41. The number of nitrogens with zero attached hydrogens (tertiary/aromatic N) is 5. The van der Waals surface area contributed by atoms with E-state index in [1.165, 1.54) is 40.7 Å². The molecule has 0 saturated heterocycles. The first kappa shape index (κ1) is 23.7. The Morgan fingerprint density at radius 1 is 1.14 bits per heavy atom. The van der Waals surface area contributed by atoms with E-state index in [1.54, 1.807) is 11.3 Å². The van der Waals surface area contributed by atoms with Crippen LogP contribution in [0.1, 0.15) is 22.9 Å². The van der Waals surface area contributed by atoms with Crippen LogP contribution in [0.5, 0.6) is 0 Å². The van der Waals surface area contributed by atoms with Crippen LogP contribution in [0.25, 0.3) is 16.2 Å². The van der Waals surface area contributed by atoms with E-state index in [9.17, 15) is 13.9 Å². The summed E-state index contributed by atoms with van der Waals surface area (Å²) in [5.74, 6) is -0.891. The third-order valence-corrected chi connectivity index (χ3v) is 8.51. The number of thioether (sulfide) groups is 1. The molecule has 6 nitrogen and oxygen atoms in total. The first-order chi connectivity index (χ1) is 16.8. The van der Waals surface area contributed by atoms with Crippen LogP contribution < -0.4 is 0 Å². The molecule has 5 aromatic rings. The first-order valence-corrected chi connectivity index (χ1v) is 12.8. The molecule has 0 spiro atoms. The van der Waals surface area contributed by atoms with Crippen LogP contribution in [0.4, 0.5) is 8.78 Å². The minimum Gasteiger partial charge on any atom is -0.382 e. The molecule has 180 valence electrons. The second-order valence-electron chi connectivity index (χ2n) is 8.47. The van der Waals surface area contributed by atoms with E-state index in [2.05, 4.69) is 41.3 Å². The van der Waals surface area contributed by atoms with Gasteiger partial charge < -0.3 is 5.11 Å². The molecule has 2 aromatic carbocycles. The van der Waals surface area contributed by atoms with Gasteiger partial charge in [-0.3, -0.25) is 4.40 Å². The second kappa shape index (κ2) is 9.52. The predicted molar refractivity (Wildman–Crippen MR) is 134 cm³/mol. The van der Waals surface area contributed by atoms with Crippen LogP contribution in [0.3, 0.4) is 0 Å². The number of fused-ring (bicyclic) bond motifs is 1. The third-order valence-electron chi connectivity index (χ3n) is 5.97. The fraction of sp³-hybridized carbons (Fsp3) is 0.240. The Hall–Kier alpha value is -3.08. The molecule has 5 rings (SSSR count). The largest absolute Gasteiger partial charge is 0.382 e. The molecule has 0 aliphatic carbocycles. The maximum Gasteiger partial charge on any atom is 0.194 e. The molecular formula is C25H23F2N5OS2. The fourth-order valence-electron chi connectivity index (χ4n) is 3.95. The van der Waals surface area contributed by atoms with Gasteiger partial charge in [-0.05, 0) is 13.0 Å². The highest BCUT2D eigenvalue weighted by molar-refractivity contribution is 7.99. The molecule has 0 radical (unpaired) electrons. The standard InChI is InChI=1S/C25H23F2N5OS2/c1-16-3-5-18(6-4-16)23-11-31-10-20(35-24(31)30-23)12-34-17(2)25(33,13-32-15-28-14-29-32)21-8-7-19(26)9-22(21)27/h3-11,14-15,17,33H,12-13H2,1-2H3/t17-,25-/m1/s1. The molecule has 3 aromatic heterocycles. The molecule has 35 heavy (non-hydrogen) atoms. The predicted octanol–water partition coefficient (Wildman–Crippen LogP) is 5.45. The smallest absolute Gasteiger partial charge is 0.194 e. The third kappa shape index (κ3) is 4.86. The highest BCUT2D eigenvalue weighted by Crippen LogP contribution is 2.38. The molecule has 0 aliphatic heterocycles. The maximum absolute atomic E-state index is 14.7. The van der Waals surface area contributed by atoms with Gasteiger partial charge in [-0.2, -0.15) is 5.10 Å². The van der Waals surface area contributed by atoms with E-state index in [1.807, 2.05) is 23.7 Å². The molecular weight excluding hydrogens is 488 g/mol. The highest BCUT2D eigenvalue weighted by Gasteiger charge is 2.39. The second-order valence-corrected chi connectivity index (χ2v) is 10.9. The average Bonchev–Trinajstić information content (AvgIpc) is 3.55. The Morgan fingerprint density at radius 2 is 1.94 bits per heavy atom. The average molecular weight is 512 g/mol. The lowest BCUT2D eigenvalue weighted by Gasteiger charge is -2.34. The molecule has 3 heterocycles. The molecule has 0 aliphatic rings. The van der Waals surface area contributed by atoms with Crippen LogP contribution >= 0.6 is 23.1 Å². The van der Waals surface area contributed by atoms with Gasteiger partial charge in [0.1, 0.15) is 29.9 Å². The molecule has 0 fully saturated rings. The van der Waals surface area contributed by atoms with Gasteiger partial charge in [0.05, 0.1) is 12.2 Å². The normalized spacial score (nSPS) is 14.3. The van der Waals surface area contributed by atoms with Gasteiger partial charge in [-0.1, -0.05) is 42.8 Å². The summed E-state index contributed by atoms with van der Waals surface area (Å²) in [5, 5.41) is 15.3. The van der Waals surface area contributed by atoms with Crippen LogP contribution in [0.15, 0.2) is 67.5 Å². The van der Waals surface area contributed by atoms with E-state index in [-0.39, 0.29) is 12.1 Å². The summed E-state index contributed by atoms with van der Waals surface area (Å²) in [5.41, 5.74) is 1.57. The van der Waals surface area contributed by atoms with Crippen molar-refractivity contribution in [3.8, 4) is 11.3 Å². The number of hydrogen-bond donors (Lipinski definition) is 1. The number of aliphatic hydroxyl groups is 1. The van der Waals surface area contributed by atoms with Crippen molar-refractivity contribution in [2.45, 2.75) is 37.0 Å². The summed E-state index contributed by atoms with van der Waals surface area (Å²) in [6.45, 7) is 3.87. The SMILES string of the molecule is Cc1ccc(-c2cn3cc(CS[C@H](C)[C@](O)(Cn4cncn4)c4ccc(F)cc4F)sc3n2)cc1. The Bertz CT molecular complexity index is 1420. The Balaban J connectivity index is 1.35. The molecule has 2 atom stereocenters. The van der Waals surface area contributed by atoms with E-state index >= 15 is 0 Å². The van der Waals surface area contributed by atoms with Gasteiger partial charge in [-0.25, -0.2) is 23.4 Å². The molecule has 0 unspecified atom stereocenters. The Morgan fingerprint density at radius 3 is 2.63 bits per heavy atom. The minimum absolute atomic E-state index is 0.0165. The number of halogens is 2. The van der Waals surface area contributed by atoms with Crippen molar-refractivity contribution in [2.24, 2.45) is 0 Å². The summed E-state index contributed by atoms with van der Waals surface area (Å²) in [7, 11) is 0. The maximum atomic E-state index is 14.7. The Kier molecular flexibility index (Phi) is 6.43. The van der Waals surface area contributed by atoms with Crippen LogP contribution in [0.2, 0.25) is 0 Å². The Labute approximate surface area is 209 Å². The van der Waals surface area contributed by atoms with Gasteiger partial charge in [-0.15, -0.1) is 23.1 Å². The summed E-state index contributed by atoms with van der Waals surface area (Å²) in [4.78, 5) is 10.6. The van der Waals surface area contributed by atoms with Gasteiger partial charge in [0, 0.05) is 45.5 Å². The number of aryl methyl sites for hydroxylation is 1. The number of aromatic nitrogens is 5. The number of hydrogen-bond acceptors (Lipinski definition) is 6. The molecule has 1 N–H and O–H groups in total. The van der Waals surface area contributed by atoms with E-state index in [4.69, 9.17) is 4.98 Å². The van der Waals surface area contributed by atoms with Gasteiger partial charge in [0.15, 0.2) is 4.96 Å². The number of thiazole rings is 1. The summed E-state index contributed by atoms with van der Waals surface area (Å²) < 4.78 is 31.7. The zero-order valence-electron chi connectivity index (χ0n) is 19.1. The van der Waals surface area contributed by atoms with E-state index < -0.39 is 22.5 Å². The van der Waals surface area contributed by atoms with Crippen LogP contribution in [-0.4, -0.2) is 34.5 Å². The van der Waals surface area contributed by atoms with Gasteiger partial charge in [0.25, 0.3) is 0 Å². The fourth-order valence-corrected chi connectivity index (χ4v) is 6.11. The number of benzene rings is 2. The zero-order chi connectivity index (χ0) is 24.6. The molecule has 0 saturated carbocycles. The molecule has 0 amide bonds. The van der Waals surface area contributed by atoms with Crippen molar-refractivity contribution in [1.82, 2.24) is 24.1 Å². The number of rotatable bonds is 8. The monoisotopic (exact) mass is 511 g/mol. The zero-order valence-corrected chi connectivity index (χ0v) is 20.7. The van der Waals surface area contributed by atoms with Crippen molar-refractivity contribution in [3.63, 3.8) is 0 Å². The molecule has 0 bridgehead atoms. The van der Waals surface area contributed by atoms with E-state index in [0.717, 1.165) is 33.2 Å². The molecule has 10 heteroatoms.